The fraction of sp³-hybridized carbons (Fsp3) is 0.778. The van der Waals surface area contributed by atoms with Crippen molar-refractivity contribution in [1.82, 2.24) is 10.6 Å². The van der Waals surface area contributed by atoms with Crippen molar-refractivity contribution in [3.05, 3.63) is 0 Å². The molecule has 5 heteroatoms. The summed E-state index contributed by atoms with van der Waals surface area (Å²) >= 11 is 0. The molecule has 0 atom stereocenters. The van der Waals surface area contributed by atoms with Crippen LogP contribution in [0, 0.1) is 0 Å². The minimum atomic E-state index is -0.570. The van der Waals surface area contributed by atoms with Crippen LogP contribution in [-0.2, 0) is 9.53 Å². The summed E-state index contributed by atoms with van der Waals surface area (Å²) in [5, 5.41) is 4.99. The predicted molar refractivity (Wildman–Crippen MR) is 52.9 cm³/mol. The van der Waals surface area contributed by atoms with E-state index in [4.69, 9.17) is 4.74 Å². The lowest BCUT2D eigenvalue weighted by atomic mass is 10.4. The van der Waals surface area contributed by atoms with Crippen molar-refractivity contribution >= 4 is 12.0 Å². The van der Waals surface area contributed by atoms with Gasteiger partial charge in [-0.1, -0.05) is 0 Å². The van der Waals surface area contributed by atoms with Gasteiger partial charge in [-0.15, -0.1) is 0 Å². The molecule has 0 spiro atoms. The number of hydrogen-bond acceptors (Lipinski definition) is 3. The molecule has 5 nitrogen and oxygen atoms in total. The van der Waals surface area contributed by atoms with Gasteiger partial charge in [0, 0.05) is 6.04 Å². The lowest BCUT2D eigenvalue weighted by Crippen LogP contribution is -2.40. The predicted octanol–water partition coefficient (Wildman–Crippen LogP) is 0.646. The number of amides is 2. The van der Waals surface area contributed by atoms with E-state index in [0.29, 0.717) is 0 Å². The zero-order chi connectivity index (χ0) is 11.1. The normalized spacial score (nSPS) is 10.1. The van der Waals surface area contributed by atoms with E-state index in [-0.39, 0.29) is 24.6 Å². The first-order valence-electron chi connectivity index (χ1n) is 4.65. The van der Waals surface area contributed by atoms with Crippen molar-refractivity contribution in [3.8, 4) is 0 Å². The van der Waals surface area contributed by atoms with Crippen molar-refractivity contribution < 1.29 is 14.3 Å². The summed E-state index contributed by atoms with van der Waals surface area (Å²) in [5.74, 6) is -0.222. The van der Waals surface area contributed by atoms with Crippen LogP contribution in [0.4, 0.5) is 4.79 Å². The van der Waals surface area contributed by atoms with Gasteiger partial charge in [0.2, 0.25) is 5.91 Å². The van der Waals surface area contributed by atoms with Crippen LogP contribution in [0.1, 0.15) is 27.7 Å². The molecule has 0 radical (unpaired) electrons. The second-order valence-corrected chi connectivity index (χ2v) is 3.53. The molecule has 0 aromatic carbocycles. The van der Waals surface area contributed by atoms with E-state index < -0.39 is 6.09 Å². The Hall–Kier alpha value is -1.26. The minimum Gasteiger partial charge on any atom is -0.447 e. The Balaban J connectivity index is 3.61. The van der Waals surface area contributed by atoms with Gasteiger partial charge in [0.25, 0.3) is 0 Å². The molecule has 0 saturated carbocycles. The van der Waals surface area contributed by atoms with Gasteiger partial charge in [-0.05, 0) is 27.7 Å². The highest BCUT2D eigenvalue weighted by Gasteiger charge is 2.07. The van der Waals surface area contributed by atoms with E-state index >= 15 is 0 Å². The largest absolute Gasteiger partial charge is 0.447 e. The van der Waals surface area contributed by atoms with Gasteiger partial charge < -0.3 is 15.4 Å². The fourth-order valence-electron chi connectivity index (χ4n) is 0.781. The average molecular weight is 202 g/mol. The van der Waals surface area contributed by atoms with Crippen molar-refractivity contribution in [1.29, 1.82) is 0 Å². The van der Waals surface area contributed by atoms with Crippen LogP contribution >= 0.6 is 0 Å². The molecule has 14 heavy (non-hydrogen) atoms. The third-order valence-corrected chi connectivity index (χ3v) is 1.19. The van der Waals surface area contributed by atoms with Crippen LogP contribution in [-0.4, -0.2) is 30.7 Å². The first kappa shape index (κ1) is 12.7. The summed E-state index contributed by atoms with van der Waals surface area (Å²) in [5.41, 5.74) is 0. The van der Waals surface area contributed by atoms with E-state index in [1.54, 1.807) is 13.8 Å². The van der Waals surface area contributed by atoms with E-state index in [1.165, 1.54) is 0 Å². The average Bonchev–Trinajstić information content (AvgIpc) is 1.98. The SMILES string of the molecule is CC(C)NC(=O)CNC(=O)OC(C)C. The third kappa shape index (κ3) is 7.39. The quantitative estimate of drug-likeness (QED) is 0.703. The van der Waals surface area contributed by atoms with E-state index in [2.05, 4.69) is 10.6 Å². The molecule has 0 aromatic rings. The first-order chi connectivity index (χ1) is 6.41. The zero-order valence-electron chi connectivity index (χ0n) is 9.09. The van der Waals surface area contributed by atoms with Crippen molar-refractivity contribution in [3.63, 3.8) is 0 Å². The Bertz CT molecular complexity index is 180. The van der Waals surface area contributed by atoms with Crippen LogP contribution in [0.15, 0.2) is 0 Å². The number of carbonyl (C=O) groups excluding carboxylic acids is 2. The number of alkyl carbamates (subject to hydrolysis) is 1. The smallest absolute Gasteiger partial charge is 0.407 e. The van der Waals surface area contributed by atoms with Crippen LogP contribution < -0.4 is 10.6 Å². The molecule has 2 N–H and O–H groups in total. The lowest BCUT2D eigenvalue weighted by Gasteiger charge is -2.11. The lowest BCUT2D eigenvalue weighted by molar-refractivity contribution is -0.120. The molecule has 0 heterocycles. The Labute approximate surface area is 84.2 Å². The standard InChI is InChI=1S/C9H18N2O3/c1-6(2)11-8(12)5-10-9(13)14-7(3)4/h6-7H,5H2,1-4H3,(H,10,13)(H,11,12). The zero-order valence-corrected chi connectivity index (χ0v) is 9.09. The van der Waals surface area contributed by atoms with E-state index in [9.17, 15) is 9.59 Å². The number of rotatable bonds is 4. The summed E-state index contributed by atoms with van der Waals surface area (Å²) in [4.78, 5) is 22.0. The topological polar surface area (TPSA) is 67.4 Å². The Morgan fingerprint density at radius 2 is 1.79 bits per heavy atom. The van der Waals surface area contributed by atoms with Gasteiger partial charge >= 0.3 is 6.09 Å². The Morgan fingerprint density at radius 1 is 1.21 bits per heavy atom. The van der Waals surface area contributed by atoms with Gasteiger partial charge in [0.1, 0.15) is 6.54 Å². The number of carbonyl (C=O) groups is 2. The maximum atomic E-state index is 11.1. The maximum Gasteiger partial charge on any atom is 0.407 e. The molecule has 0 rings (SSSR count). The number of ether oxygens (including phenoxy) is 1. The highest BCUT2D eigenvalue weighted by Crippen LogP contribution is 1.87. The highest BCUT2D eigenvalue weighted by atomic mass is 16.6. The van der Waals surface area contributed by atoms with Gasteiger partial charge in [-0.2, -0.15) is 0 Å². The van der Waals surface area contributed by atoms with Gasteiger partial charge in [0.15, 0.2) is 0 Å². The fourth-order valence-corrected chi connectivity index (χ4v) is 0.781. The van der Waals surface area contributed by atoms with Gasteiger partial charge in [-0.3, -0.25) is 4.79 Å². The molecule has 0 saturated heterocycles. The van der Waals surface area contributed by atoms with Gasteiger partial charge in [0.05, 0.1) is 6.10 Å². The van der Waals surface area contributed by atoms with Crippen molar-refractivity contribution in [2.75, 3.05) is 6.54 Å². The number of nitrogens with one attached hydrogen (secondary N) is 2. The van der Waals surface area contributed by atoms with E-state index in [0.717, 1.165) is 0 Å². The van der Waals surface area contributed by atoms with Crippen LogP contribution in [0.25, 0.3) is 0 Å². The van der Waals surface area contributed by atoms with Crippen LogP contribution in [0.3, 0.4) is 0 Å². The van der Waals surface area contributed by atoms with Crippen molar-refractivity contribution in [2.45, 2.75) is 39.8 Å². The molecule has 0 unspecified atom stereocenters. The molecule has 0 aliphatic carbocycles. The van der Waals surface area contributed by atoms with Crippen LogP contribution in [0.5, 0.6) is 0 Å². The molecule has 2 amide bonds. The molecular formula is C9H18N2O3. The summed E-state index contributed by atoms with van der Waals surface area (Å²) in [6.07, 6.45) is -0.748. The molecule has 0 aliphatic heterocycles. The third-order valence-electron chi connectivity index (χ3n) is 1.19. The summed E-state index contributed by atoms with van der Waals surface area (Å²) in [6.45, 7) is 7.14. The van der Waals surface area contributed by atoms with Crippen molar-refractivity contribution in [2.24, 2.45) is 0 Å². The first-order valence-corrected chi connectivity index (χ1v) is 4.65. The molecular weight excluding hydrogens is 184 g/mol. The second kappa shape index (κ2) is 6.23. The second-order valence-electron chi connectivity index (χ2n) is 3.53. The maximum absolute atomic E-state index is 11.1. The molecule has 0 fully saturated rings. The monoisotopic (exact) mass is 202 g/mol. The molecule has 82 valence electrons. The minimum absolute atomic E-state index is 0.0519. The summed E-state index contributed by atoms with van der Waals surface area (Å²) in [7, 11) is 0. The Kier molecular flexibility index (Phi) is 5.67. The van der Waals surface area contributed by atoms with E-state index in [1.807, 2.05) is 13.8 Å². The molecule has 0 aromatic heterocycles. The van der Waals surface area contributed by atoms with Crippen LogP contribution in [0.2, 0.25) is 0 Å². The summed E-state index contributed by atoms with van der Waals surface area (Å²) < 4.78 is 4.78. The van der Waals surface area contributed by atoms with Gasteiger partial charge in [-0.25, -0.2) is 4.79 Å². The highest BCUT2D eigenvalue weighted by molar-refractivity contribution is 5.82. The summed E-state index contributed by atoms with van der Waals surface area (Å²) in [6, 6.07) is 0.0745. The Morgan fingerprint density at radius 3 is 2.21 bits per heavy atom. The number of hydrogen-bond donors (Lipinski definition) is 2. The molecule has 0 aliphatic rings. The molecule has 0 bridgehead atoms.